The van der Waals surface area contributed by atoms with Gasteiger partial charge in [0, 0.05) is 11.7 Å². The lowest BCUT2D eigenvalue weighted by molar-refractivity contribution is 0.143. The highest BCUT2D eigenvalue weighted by molar-refractivity contribution is 5.19. The molecule has 1 aromatic heterocycles. The van der Waals surface area contributed by atoms with Gasteiger partial charge in [0.25, 0.3) is 0 Å². The summed E-state index contributed by atoms with van der Waals surface area (Å²) in [5, 5.41) is 3.41. The number of ether oxygens (including phenoxy) is 1. The minimum atomic E-state index is 0.339. The third-order valence-electron chi connectivity index (χ3n) is 2.76. The fourth-order valence-corrected chi connectivity index (χ4v) is 1.91. The Hall–Kier alpha value is -1.09. The van der Waals surface area contributed by atoms with Crippen molar-refractivity contribution < 1.29 is 4.74 Å². The van der Waals surface area contributed by atoms with E-state index >= 15 is 0 Å². The Kier molecular flexibility index (Phi) is 3.21. The molecular weight excluding hydrogens is 188 g/mol. The van der Waals surface area contributed by atoms with E-state index in [1.807, 2.05) is 25.3 Å². The zero-order valence-corrected chi connectivity index (χ0v) is 9.36. The highest BCUT2D eigenvalue weighted by Gasteiger charge is 2.19. The van der Waals surface area contributed by atoms with E-state index < -0.39 is 0 Å². The van der Waals surface area contributed by atoms with Crippen LogP contribution in [0.25, 0.3) is 0 Å². The molecule has 1 aliphatic rings. The maximum absolute atomic E-state index is 5.88. The molecular formula is C12H18N2O. The van der Waals surface area contributed by atoms with Crippen molar-refractivity contribution in [2.45, 2.75) is 38.8 Å². The molecule has 1 fully saturated rings. The number of piperidine rings is 1. The summed E-state index contributed by atoms with van der Waals surface area (Å²) >= 11 is 0. The fraction of sp³-hybridized carbons (Fsp3) is 0.583. The highest BCUT2D eigenvalue weighted by Crippen LogP contribution is 2.17. The van der Waals surface area contributed by atoms with Gasteiger partial charge in [-0.3, -0.25) is 4.98 Å². The van der Waals surface area contributed by atoms with Crippen molar-refractivity contribution in [3.63, 3.8) is 0 Å². The van der Waals surface area contributed by atoms with Crippen molar-refractivity contribution in [2.75, 3.05) is 6.54 Å². The monoisotopic (exact) mass is 206 g/mol. The predicted molar refractivity (Wildman–Crippen MR) is 60.1 cm³/mol. The molecule has 1 aromatic rings. The molecule has 82 valence electrons. The van der Waals surface area contributed by atoms with Gasteiger partial charge in [0.15, 0.2) is 0 Å². The molecule has 2 atom stereocenters. The Morgan fingerprint density at radius 2 is 2.33 bits per heavy atom. The van der Waals surface area contributed by atoms with E-state index in [2.05, 4.69) is 17.2 Å². The molecule has 3 heteroatoms. The van der Waals surface area contributed by atoms with E-state index in [1.54, 1.807) is 0 Å². The van der Waals surface area contributed by atoms with Crippen molar-refractivity contribution in [3.8, 4) is 5.75 Å². The van der Waals surface area contributed by atoms with Crippen LogP contribution in [-0.4, -0.2) is 23.7 Å². The Morgan fingerprint density at radius 1 is 1.47 bits per heavy atom. The third kappa shape index (κ3) is 2.93. The normalized spacial score (nSPS) is 26.3. The lowest BCUT2D eigenvalue weighted by Crippen LogP contribution is -2.40. The first-order chi connectivity index (χ1) is 7.24. The van der Waals surface area contributed by atoms with Crippen LogP contribution in [-0.2, 0) is 0 Å². The van der Waals surface area contributed by atoms with Crippen molar-refractivity contribution in [1.82, 2.24) is 10.3 Å². The number of pyridine rings is 1. The van der Waals surface area contributed by atoms with Gasteiger partial charge in [-0.2, -0.15) is 0 Å². The number of nitrogens with zero attached hydrogens (tertiary/aromatic N) is 1. The van der Waals surface area contributed by atoms with Gasteiger partial charge in [-0.25, -0.2) is 0 Å². The Labute approximate surface area is 90.9 Å². The zero-order valence-electron chi connectivity index (χ0n) is 9.36. The minimum Gasteiger partial charge on any atom is -0.489 e. The molecule has 1 N–H and O–H groups in total. The van der Waals surface area contributed by atoms with E-state index in [1.165, 1.54) is 0 Å². The molecule has 0 spiro atoms. The van der Waals surface area contributed by atoms with E-state index in [-0.39, 0.29) is 0 Å². The lowest BCUT2D eigenvalue weighted by Gasteiger charge is -2.28. The number of aryl methyl sites for hydroxylation is 1. The van der Waals surface area contributed by atoms with Gasteiger partial charge in [-0.1, -0.05) is 0 Å². The van der Waals surface area contributed by atoms with Crippen LogP contribution < -0.4 is 10.1 Å². The second-order valence-electron chi connectivity index (χ2n) is 4.25. The molecule has 0 aliphatic carbocycles. The fourth-order valence-electron chi connectivity index (χ4n) is 1.91. The SMILES string of the molecule is Cc1ccc(O[C@H]2CCN[C@@H](C)C2)cn1. The summed E-state index contributed by atoms with van der Waals surface area (Å²) in [4.78, 5) is 4.22. The first kappa shape index (κ1) is 10.4. The van der Waals surface area contributed by atoms with Crippen LogP contribution in [0, 0.1) is 6.92 Å². The molecule has 0 aromatic carbocycles. The van der Waals surface area contributed by atoms with Gasteiger partial charge < -0.3 is 10.1 Å². The van der Waals surface area contributed by atoms with E-state index in [4.69, 9.17) is 4.74 Å². The van der Waals surface area contributed by atoms with Crippen LogP contribution >= 0.6 is 0 Å². The number of rotatable bonds is 2. The van der Waals surface area contributed by atoms with Crippen LogP contribution in [0.1, 0.15) is 25.5 Å². The second-order valence-corrected chi connectivity index (χ2v) is 4.25. The first-order valence-corrected chi connectivity index (χ1v) is 5.57. The van der Waals surface area contributed by atoms with Crippen molar-refractivity contribution in [1.29, 1.82) is 0 Å². The first-order valence-electron chi connectivity index (χ1n) is 5.57. The van der Waals surface area contributed by atoms with Crippen molar-refractivity contribution in [3.05, 3.63) is 24.0 Å². The number of hydrogen-bond acceptors (Lipinski definition) is 3. The van der Waals surface area contributed by atoms with E-state index in [0.717, 1.165) is 30.8 Å². The average molecular weight is 206 g/mol. The largest absolute Gasteiger partial charge is 0.489 e. The standard InChI is InChI=1S/C12H18N2O/c1-9-3-4-12(8-14-9)15-11-5-6-13-10(2)7-11/h3-4,8,10-11,13H,5-7H2,1-2H3/t10-,11-/m0/s1. The summed E-state index contributed by atoms with van der Waals surface area (Å²) < 4.78 is 5.88. The van der Waals surface area contributed by atoms with Crippen LogP contribution in [0.15, 0.2) is 18.3 Å². The molecule has 1 aliphatic heterocycles. The Morgan fingerprint density at radius 3 is 3.00 bits per heavy atom. The molecule has 0 radical (unpaired) electrons. The zero-order chi connectivity index (χ0) is 10.7. The van der Waals surface area contributed by atoms with Gasteiger partial charge in [0.1, 0.15) is 11.9 Å². The molecule has 15 heavy (non-hydrogen) atoms. The summed E-state index contributed by atoms with van der Waals surface area (Å²) in [6.45, 7) is 5.23. The second kappa shape index (κ2) is 4.62. The van der Waals surface area contributed by atoms with Crippen molar-refractivity contribution >= 4 is 0 Å². The predicted octanol–water partition coefficient (Wildman–Crippen LogP) is 1.91. The Balaban J connectivity index is 1.93. The summed E-state index contributed by atoms with van der Waals surface area (Å²) in [7, 11) is 0. The number of nitrogens with one attached hydrogen (secondary N) is 1. The van der Waals surface area contributed by atoms with Gasteiger partial charge in [0.05, 0.1) is 6.20 Å². The molecule has 1 saturated heterocycles. The van der Waals surface area contributed by atoms with Crippen LogP contribution in [0.4, 0.5) is 0 Å². The van der Waals surface area contributed by atoms with Crippen LogP contribution in [0.3, 0.4) is 0 Å². The van der Waals surface area contributed by atoms with Gasteiger partial charge >= 0.3 is 0 Å². The molecule has 0 saturated carbocycles. The van der Waals surface area contributed by atoms with Gasteiger partial charge in [-0.05, 0) is 45.4 Å². The topological polar surface area (TPSA) is 34.1 Å². The summed E-state index contributed by atoms with van der Waals surface area (Å²) in [5.41, 5.74) is 1.03. The molecule has 0 unspecified atom stereocenters. The molecule has 0 amide bonds. The molecule has 2 heterocycles. The maximum atomic E-state index is 5.88. The quantitative estimate of drug-likeness (QED) is 0.802. The number of hydrogen-bond donors (Lipinski definition) is 1. The highest BCUT2D eigenvalue weighted by atomic mass is 16.5. The molecule has 2 rings (SSSR count). The molecule has 3 nitrogen and oxygen atoms in total. The average Bonchev–Trinajstić information content (AvgIpc) is 2.22. The van der Waals surface area contributed by atoms with Crippen molar-refractivity contribution in [2.24, 2.45) is 0 Å². The molecule has 0 bridgehead atoms. The van der Waals surface area contributed by atoms with Gasteiger partial charge in [-0.15, -0.1) is 0 Å². The third-order valence-corrected chi connectivity index (χ3v) is 2.76. The maximum Gasteiger partial charge on any atom is 0.138 e. The summed E-state index contributed by atoms with van der Waals surface area (Å²) in [5.74, 6) is 0.889. The minimum absolute atomic E-state index is 0.339. The Bertz CT molecular complexity index is 310. The van der Waals surface area contributed by atoms with Crippen LogP contribution in [0.2, 0.25) is 0 Å². The van der Waals surface area contributed by atoms with Gasteiger partial charge in [0.2, 0.25) is 0 Å². The number of aromatic nitrogens is 1. The van der Waals surface area contributed by atoms with E-state index in [0.29, 0.717) is 12.1 Å². The smallest absolute Gasteiger partial charge is 0.138 e. The van der Waals surface area contributed by atoms with Crippen LogP contribution in [0.5, 0.6) is 5.75 Å². The van der Waals surface area contributed by atoms with E-state index in [9.17, 15) is 0 Å². The lowest BCUT2D eigenvalue weighted by atomic mass is 10.0. The summed E-state index contributed by atoms with van der Waals surface area (Å²) in [6, 6.07) is 4.54. The summed E-state index contributed by atoms with van der Waals surface area (Å²) in [6.07, 6.45) is 4.31.